The van der Waals surface area contributed by atoms with Crippen LogP contribution in [0.1, 0.15) is 31.4 Å². The lowest BCUT2D eigenvalue weighted by Gasteiger charge is -2.27. The van der Waals surface area contributed by atoms with Crippen molar-refractivity contribution in [3.8, 4) is 0 Å². The van der Waals surface area contributed by atoms with Crippen LogP contribution in [0, 0.1) is 5.41 Å². The molecule has 26 heavy (non-hydrogen) atoms. The number of hydrogen-bond donors (Lipinski definition) is 5. The second kappa shape index (κ2) is 8.01. The number of ether oxygens (including phenoxy) is 1. The van der Waals surface area contributed by atoms with Crippen molar-refractivity contribution in [2.24, 2.45) is 5.73 Å². The van der Waals surface area contributed by atoms with Crippen LogP contribution < -0.4 is 21.7 Å². The van der Waals surface area contributed by atoms with Gasteiger partial charge < -0.3 is 26.5 Å². The summed E-state index contributed by atoms with van der Waals surface area (Å²) < 4.78 is 5.43. The molecule has 1 aliphatic carbocycles. The molecule has 0 aromatic carbocycles. The van der Waals surface area contributed by atoms with Gasteiger partial charge in [-0.1, -0.05) is 12.8 Å². The van der Waals surface area contributed by atoms with E-state index in [9.17, 15) is 4.79 Å². The Morgan fingerprint density at radius 2 is 2.19 bits per heavy atom. The van der Waals surface area contributed by atoms with Crippen LogP contribution >= 0.6 is 0 Å². The Morgan fingerprint density at radius 3 is 2.85 bits per heavy atom. The number of rotatable bonds is 5. The highest BCUT2D eigenvalue weighted by Gasteiger charge is 2.24. The Morgan fingerprint density at radius 1 is 1.42 bits per heavy atom. The van der Waals surface area contributed by atoms with E-state index in [0.717, 1.165) is 31.4 Å². The summed E-state index contributed by atoms with van der Waals surface area (Å²) in [4.78, 5) is 16.6. The molecule has 1 saturated carbocycles. The standard InChI is InChI=1S/C18H24N6O2/c1-26-17-13(11(9-19)10-20)8-15-14(23-17)6-7-16(22-15)24-18(25)21-12-4-2-3-5-12/h6-10,12,17,19,23H,2-5,20H2,1H3,(H2,21,22,24,25)/b11-10+,19-9?. The molecule has 1 fully saturated rings. The van der Waals surface area contributed by atoms with Gasteiger partial charge in [0, 0.05) is 36.7 Å². The molecule has 1 atom stereocenters. The molecule has 1 unspecified atom stereocenters. The summed E-state index contributed by atoms with van der Waals surface area (Å²) in [5.74, 6) is 0.459. The predicted molar refractivity (Wildman–Crippen MR) is 102 cm³/mol. The average molecular weight is 356 g/mol. The van der Waals surface area contributed by atoms with Gasteiger partial charge in [-0.25, -0.2) is 9.78 Å². The lowest BCUT2D eigenvalue weighted by molar-refractivity contribution is 0.156. The number of methoxy groups -OCH3 is 1. The zero-order valence-corrected chi connectivity index (χ0v) is 14.7. The highest BCUT2D eigenvalue weighted by Crippen LogP contribution is 2.30. The SMILES string of the molecule is COC1Nc2ccc(NC(=O)NC3CCCC3)nc2C=C1/C(C=N)=C/N. The van der Waals surface area contributed by atoms with Crippen LogP contribution in [0.15, 0.2) is 29.5 Å². The first kappa shape index (κ1) is 17.9. The molecule has 3 rings (SSSR count). The zero-order chi connectivity index (χ0) is 18.5. The number of hydrogen-bond acceptors (Lipinski definition) is 6. The molecule has 8 nitrogen and oxygen atoms in total. The summed E-state index contributed by atoms with van der Waals surface area (Å²) >= 11 is 0. The number of amides is 2. The Hall–Kier alpha value is -2.87. The first-order valence-electron chi connectivity index (χ1n) is 8.67. The molecule has 2 heterocycles. The number of carbonyl (C=O) groups is 1. The minimum Gasteiger partial charge on any atom is -0.404 e. The van der Waals surface area contributed by atoms with Gasteiger partial charge >= 0.3 is 6.03 Å². The number of nitrogens with one attached hydrogen (secondary N) is 4. The maximum absolute atomic E-state index is 12.1. The number of pyridine rings is 1. The fourth-order valence-corrected chi connectivity index (χ4v) is 3.27. The van der Waals surface area contributed by atoms with Gasteiger partial charge in [0.1, 0.15) is 5.82 Å². The van der Waals surface area contributed by atoms with Crippen LogP contribution in [0.3, 0.4) is 0 Å². The van der Waals surface area contributed by atoms with E-state index in [1.807, 2.05) is 12.1 Å². The number of carbonyl (C=O) groups excluding carboxylic acids is 1. The van der Waals surface area contributed by atoms with Crippen molar-refractivity contribution in [2.45, 2.75) is 38.0 Å². The molecule has 1 aromatic heterocycles. The minimum absolute atomic E-state index is 0.242. The highest BCUT2D eigenvalue weighted by molar-refractivity contribution is 5.90. The molecular weight excluding hydrogens is 332 g/mol. The summed E-state index contributed by atoms with van der Waals surface area (Å²) in [5.41, 5.74) is 8.27. The molecule has 1 aromatic rings. The molecule has 6 N–H and O–H groups in total. The molecule has 138 valence electrons. The number of nitrogens with two attached hydrogens (primary N) is 1. The average Bonchev–Trinajstić information content (AvgIpc) is 3.15. The molecule has 0 radical (unpaired) electrons. The monoisotopic (exact) mass is 356 g/mol. The third kappa shape index (κ3) is 3.85. The van der Waals surface area contributed by atoms with Crippen molar-refractivity contribution in [1.29, 1.82) is 5.41 Å². The van der Waals surface area contributed by atoms with E-state index in [2.05, 4.69) is 20.9 Å². The van der Waals surface area contributed by atoms with Crippen LogP contribution in [0.2, 0.25) is 0 Å². The third-order valence-electron chi connectivity index (χ3n) is 4.62. The van der Waals surface area contributed by atoms with Gasteiger partial charge in [-0.3, -0.25) is 5.32 Å². The van der Waals surface area contributed by atoms with Crippen LogP contribution in [0.4, 0.5) is 16.3 Å². The van der Waals surface area contributed by atoms with Crippen molar-refractivity contribution in [2.75, 3.05) is 17.7 Å². The van der Waals surface area contributed by atoms with E-state index in [0.29, 0.717) is 22.7 Å². The van der Waals surface area contributed by atoms with E-state index in [1.54, 1.807) is 13.2 Å². The van der Waals surface area contributed by atoms with E-state index in [-0.39, 0.29) is 12.1 Å². The Kier molecular flexibility index (Phi) is 5.52. The van der Waals surface area contributed by atoms with E-state index in [4.69, 9.17) is 15.9 Å². The van der Waals surface area contributed by atoms with Gasteiger partial charge in [0.2, 0.25) is 0 Å². The zero-order valence-electron chi connectivity index (χ0n) is 14.7. The maximum atomic E-state index is 12.1. The summed E-state index contributed by atoms with van der Waals surface area (Å²) in [5, 5.41) is 16.5. The van der Waals surface area contributed by atoms with Crippen molar-refractivity contribution in [3.05, 3.63) is 35.2 Å². The van der Waals surface area contributed by atoms with Gasteiger partial charge in [0.15, 0.2) is 6.23 Å². The maximum Gasteiger partial charge on any atom is 0.320 e. The van der Waals surface area contributed by atoms with Gasteiger partial charge in [-0.05, 0) is 31.1 Å². The van der Waals surface area contributed by atoms with Crippen LogP contribution in [0.25, 0.3) is 6.08 Å². The molecule has 1 aliphatic heterocycles. The smallest absolute Gasteiger partial charge is 0.320 e. The van der Waals surface area contributed by atoms with Gasteiger partial charge in [-0.15, -0.1) is 0 Å². The number of aromatic nitrogens is 1. The second-order valence-electron chi connectivity index (χ2n) is 6.34. The van der Waals surface area contributed by atoms with Gasteiger partial charge in [0.25, 0.3) is 0 Å². The van der Waals surface area contributed by atoms with Crippen LogP contribution in [0.5, 0.6) is 0 Å². The van der Waals surface area contributed by atoms with E-state index in [1.165, 1.54) is 12.4 Å². The Balaban J connectivity index is 1.79. The highest BCUT2D eigenvalue weighted by atomic mass is 16.5. The molecule has 2 amide bonds. The third-order valence-corrected chi connectivity index (χ3v) is 4.62. The molecule has 0 saturated heterocycles. The molecule has 0 spiro atoms. The number of nitrogens with zero attached hydrogens (tertiary/aromatic N) is 1. The van der Waals surface area contributed by atoms with Crippen molar-refractivity contribution < 1.29 is 9.53 Å². The van der Waals surface area contributed by atoms with Gasteiger partial charge in [0.05, 0.1) is 11.4 Å². The second-order valence-corrected chi connectivity index (χ2v) is 6.34. The number of fused-ring (bicyclic) bond motifs is 1. The first-order chi connectivity index (χ1) is 12.6. The lowest BCUT2D eigenvalue weighted by atomic mass is 10.0. The van der Waals surface area contributed by atoms with E-state index < -0.39 is 6.23 Å². The summed E-state index contributed by atoms with van der Waals surface area (Å²) in [6.45, 7) is 0. The molecule has 8 heteroatoms. The number of anilines is 2. The predicted octanol–water partition coefficient (Wildman–Crippen LogP) is 2.42. The van der Waals surface area contributed by atoms with Crippen molar-refractivity contribution in [3.63, 3.8) is 0 Å². The molecule has 2 aliphatic rings. The lowest BCUT2D eigenvalue weighted by Crippen LogP contribution is -2.36. The number of urea groups is 1. The topological polar surface area (TPSA) is 125 Å². The summed E-state index contributed by atoms with van der Waals surface area (Å²) in [6, 6.07) is 3.58. The molecular formula is C18H24N6O2. The minimum atomic E-state index is -0.426. The van der Waals surface area contributed by atoms with Crippen LogP contribution in [-0.2, 0) is 4.74 Å². The summed E-state index contributed by atoms with van der Waals surface area (Å²) in [6.07, 6.45) is 8.28. The normalized spacial score (nSPS) is 20.0. The molecule has 0 bridgehead atoms. The van der Waals surface area contributed by atoms with Crippen LogP contribution in [-0.4, -0.2) is 36.6 Å². The van der Waals surface area contributed by atoms with Crippen molar-refractivity contribution in [1.82, 2.24) is 10.3 Å². The Labute approximate surface area is 152 Å². The summed E-state index contributed by atoms with van der Waals surface area (Å²) in [7, 11) is 1.57. The largest absolute Gasteiger partial charge is 0.404 e. The fourth-order valence-electron chi connectivity index (χ4n) is 3.27. The van der Waals surface area contributed by atoms with E-state index >= 15 is 0 Å². The Bertz CT molecular complexity index is 752. The fraction of sp³-hybridized carbons (Fsp3) is 0.389. The quantitative estimate of drug-likeness (QED) is 0.518. The first-order valence-corrected chi connectivity index (χ1v) is 8.67. The van der Waals surface area contributed by atoms with Gasteiger partial charge in [-0.2, -0.15) is 0 Å². The van der Waals surface area contributed by atoms with Crippen molar-refractivity contribution >= 4 is 29.8 Å².